The first kappa shape index (κ1) is 10.2. The Labute approximate surface area is 95.4 Å². The van der Waals surface area contributed by atoms with E-state index in [2.05, 4.69) is 26.3 Å². The van der Waals surface area contributed by atoms with E-state index in [0.717, 1.165) is 10.8 Å². The Morgan fingerprint density at radius 2 is 2.40 bits per heavy atom. The fraction of sp³-hybridized carbons (Fsp3) is 0.200. The molecule has 0 saturated carbocycles. The summed E-state index contributed by atoms with van der Waals surface area (Å²) in [6.07, 6.45) is 3.40. The van der Waals surface area contributed by atoms with Gasteiger partial charge in [-0.25, -0.2) is 4.52 Å². The van der Waals surface area contributed by atoms with E-state index in [1.165, 1.54) is 0 Å². The number of rotatable bonds is 3. The molecule has 0 aliphatic heterocycles. The molecular weight excluding hydrogens is 258 g/mol. The van der Waals surface area contributed by atoms with Crippen LogP contribution in [-0.4, -0.2) is 27.4 Å². The van der Waals surface area contributed by atoms with Gasteiger partial charge in [0.05, 0.1) is 17.3 Å². The molecule has 2 aromatic heterocycles. The predicted octanol–water partition coefficient (Wildman–Crippen LogP) is 1.46. The molecule has 0 spiro atoms. The molecule has 0 aromatic carbocycles. The second-order valence-electron chi connectivity index (χ2n) is 3.03. The molecule has 0 aliphatic carbocycles. The number of halogens is 1. The van der Waals surface area contributed by atoms with E-state index in [1.807, 2.05) is 24.4 Å². The summed E-state index contributed by atoms with van der Waals surface area (Å²) in [5.74, 6) is -0.0874. The second kappa shape index (κ2) is 4.44. The molecule has 78 valence electrons. The van der Waals surface area contributed by atoms with Gasteiger partial charge in [-0.1, -0.05) is 22.0 Å². The van der Waals surface area contributed by atoms with Crippen LogP contribution < -0.4 is 5.32 Å². The molecule has 4 nitrogen and oxygen atoms in total. The van der Waals surface area contributed by atoms with E-state index < -0.39 is 0 Å². The number of hydrogen-bond acceptors (Lipinski definition) is 2. The minimum absolute atomic E-state index is 0.0874. The van der Waals surface area contributed by atoms with Gasteiger partial charge in [0.25, 0.3) is 5.91 Å². The predicted molar refractivity (Wildman–Crippen MR) is 61.3 cm³/mol. The Morgan fingerprint density at radius 1 is 1.53 bits per heavy atom. The number of carbonyl (C=O) groups excluding carboxylic acids is 1. The number of pyridine rings is 1. The van der Waals surface area contributed by atoms with Crippen molar-refractivity contribution in [2.45, 2.75) is 0 Å². The van der Waals surface area contributed by atoms with E-state index in [4.69, 9.17) is 0 Å². The molecule has 5 heteroatoms. The van der Waals surface area contributed by atoms with Crippen LogP contribution in [0.15, 0.2) is 30.6 Å². The quantitative estimate of drug-likeness (QED) is 0.856. The third-order valence-electron chi connectivity index (χ3n) is 2.05. The van der Waals surface area contributed by atoms with Gasteiger partial charge in [0.1, 0.15) is 0 Å². The number of alkyl halides is 1. The highest BCUT2D eigenvalue weighted by atomic mass is 79.9. The summed E-state index contributed by atoms with van der Waals surface area (Å²) in [5.41, 5.74) is 1.43. The molecule has 0 saturated heterocycles. The third-order valence-corrected chi connectivity index (χ3v) is 2.45. The molecule has 0 unspecified atom stereocenters. The average molecular weight is 268 g/mol. The first-order valence-corrected chi connectivity index (χ1v) is 5.71. The zero-order valence-electron chi connectivity index (χ0n) is 7.98. The van der Waals surface area contributed by atoms with Crippen LogP contribution in [0.3, 0.4) is 0 Å². The third kappa shape index (κ3) is 2.02. The largest absolute Gasteiger partial charge is 0.351 e. The van der Waals surface area contributed by atoms with Crippen molar-refractivity contribution in [1.29, 1.82) is 0 Å². The Hall–Kier alpha value is -1.36. The number of amides is 1. The van der Waals surface area contributed by atoms with Gasteiger partial charge in [-0.2, -0.15) is 5.10 Å². The maximum absolute atomic E-state index is 11.7. The van der Waals surface area contributed by atoms with E-state index in [0.29, 0.717) is 12.1 Å². The van der Waals surface area contributed by atoms with Crippen LogP contribution in [0.2, 0.25) is 0 Å². The SMILES string of the molecule is O=C(NCCBr)c1cnn2ccccc12. The van der Waals surface area contributed by atoms with Gasteiger partial charge in [-0.05, 0) is 12.1 Å². The lowest BCUT2D eigenvalue weighted by molar-refractivity contribution is 0.0958. The standard InChI is InChI=1S/C10H10BrN3O/c11-4-5-12-10(15)8-7-13-14-6-2-1-3-9(8)14/h1-3,6-7H,4-5H2,(H,12,15). The van der Waals surface area contributed by atoms with E-state index in [9.17, 15) is 4.79 Å². The minimum atomic E-state index is -0.0874. The molecule has 2 aromatic rings. The Kier molecular flexibility index (Phi) is 3.01. The van der Waals surface area contributed by atoms with Gasteiger partial charge >= 0.3 is 0 Å². The van der Waals surface area contributed by atoms with Crippen LogP contribution in [0, 0.1) is 0 Å². The van der Waals surface area contributed by atoms with Crippen LogP contribution in [0.1, 0.15) is 10.4 Å². The summed E-state index contributed by atoms with van der Waals surface area (Å²) < 4.78 is 1.68. The topological polar surface area (TPSA) is 46.4 Å². The lowest BCUT2D eigenvalue weighted by Gasteiger charge is -2.00. The molecule has 15 heavy (non-hydrogen) atoms. The van der Waals surface area contributed by atoms with Gasteiger partial charge in [0.15, 0.2) is 0 Å². The van der Waals surface area contributed by atoms with Crippen molar-refractivity contribution in [3.8, 4) is 0 Å². The maximum atomic E-state index is 11.7. The van der Waals surface area contributed by atoms with Crippen molar-refractivity contribution in [3.05, 3.63) is 36.2 Å². The average Bonchev–Trinajstić information content (AvgIpc) is 2.69. The second-order valence-corrected chi connectivity index (χ2v) is 3.83. The van der Waals surface area contributed by atoms with Crippen LogP contribution in [0.25, 0.3) is 5.52 Å². The van der Waals surface area contributed by atoms with Crippen molar-refractivity contribution in [2.75, 3.05) is 11.9 Å². The van der Waals surface area contributed by atoms with E-state index in [-0.39, 0.29) is 5.91 Å². The van der Waals surface area contributed by atoms with Crippen molar-refractivity contribution in [1.82, 2.24) is 14.9 Å². The highest BCUT2D eigenvalue weighted by molar-refractivity contribution is 9.09. The van der Waals surface area contributed by atoms with Crippen molar-refractivity contribution in [2.24, 2.45) is 0 Å². The monoisotopic (exact) mass is 267 g/mol. The van der Waals surface area contributed by atoms with Gasteiger partial charge in [-0.15, -0.1) is 0 Å². The van der Waals surface area contributed by atoms with Crippen LogP contribution in [0.5, 0.6) is 0 Å². The molecule has 2 rings (SSSR count). The number of nitrogens with one attached hydrogen (secondary N) is 1. The zero-order valence-corrected chi connectivity index (χ0v) is 9.57. The normalized spacial score (nSPS) is 10.5. The smallest absolute Gasteiger partial charge is 0.255 e. The summed E-state index contributed by atoms with van der Waals surface area (Å²) in [5, 5.41) is 7.63. The molecule has 2 heterocycles. The molecule has 0 bridgehead atoms. The molecule has 1 N–H and O–H groups in total. The maximum Gasteiger partial charge on any atom is 0.255 e. The Bertz CT molecular complexity index is 480. The number of carbonyl (C=O) groups is 1. The Balaban J connectivity index is 2.31. The van der Waals surface area contributed by atoms with Crippen molar-refractivity contribution in [3.63, 3.8) is 0 Å². The van der Waals surface area contributed by atoms with Crippen molar-refractivity contribution >= 4 is 27.4 Å². The Morgan fingerprint density at radius 3 is 3.20 bits per heavy atom. The molecule has 1 amide bonds. The number of aromatic nitrogens is 2. The molecule has 0 radical (unpaired) electrons. The van der Waals surface area contributed by atoms with Gasteiger partial charge < -0.3 is 5.32 Å². The summed E-state index contributed by atoms with van der Waals surface area (Å²) in [4.78, 5) is 11.7. The highest BCUT2D eigenvalue weighted by Crippen LogP contribution is 2.09. The van der Waals surface area contributed by atoms with Gasteiger partial charge in [0, 0.05) is 18.1 Å². The first-order chi connectivity index (χ1) is 7.33. The fourth-order valence-corrected chi connectivity index (χ4v) is 1.56. The number of fused-ring (bicyclic) bond motifs is 1. The van der Waals surface area contributed by atoms with Gasteiger partial charge in [-0.3, -0.25) is 4.79 Å². The molecule has 0 atom stereocenters. The minimum Gasteiger partial charge on any atom is -0.351 e. The van der Waals surface area contributed by atoms with E-state index >= 15 is 0 Å². The number of nitrogens with zero attached hydrogens (tertiary/aromatic N) is 2. The number of hydrogen-bond donors (Lipinski definition) is 1. The fourth-order valence-electron chi connectivity index (χ4n) is 1.37. The zero-order chi connectivity index (χ0) is 10.7. The molecular formula is C10H10BrN3O. The summed E-state index contributed by atoms with van der Waals surface area (Å²) in [7, 11) is 0. The first-order valence-electron chi connectivity index (χ1n) is 4.59. The van der Waals surface area contributed by atoms with Gasteiger partial charge in [0.2, 0.25) is 0 Å². The van der Waals surface area contributed by atoms with Crippen LogP contribution in [-0.2, 0) is 0 Å². The lowest BCUT2D eigenvalue weighted by atomic mass is 10.2. The van der Waals surface area contributed by atoms with Crippen molar-refractivity contribution < 1.29 is 4.79 Å². The van der Waals surface area contributed by atoms with Crippen LogP contribution in [0.4, 0.5) is 0 Å². The summed E-state index contributed by atoms with van der Waals surface area (Å²) in [6, 6.07) is 5.63. The summed E-state index contributed by atoms with van der Waals surface area (Å²) in [6.45, 7) is 0.614. The lowest BCUT2D eigenvalue weighted by Crippen LogP contribution is -2.24. The van der Waals surface area contributed by atoms with Crippen LogP contribution >= 0.6 is 15.9 Å². The highest BCUT2D eigenvalue weighted by Gasteiger charge is 2.10. The summed E-state index contributed by atoms with van der Waals surface area (Å²) >= 11 is 3.26. The molecule has 0 fully saturated rings. The molecule has 0 aliphatic rings. The van der Waals surface area contributed by atoms with E-state index in [1.54, 1.807) is 10.7 Å².